The largest absolute Gasteiger partial charge is 0.324 e. The summed E-state index contributed by atoms with van der Waals surface area (Å²) in [5, 5.41) is 14.5. The summed E-state index contributed by atoms with van der Waals surface area (Å²) in [4.78, 5) is 41.3. The molecule has 0 aliphatic carbocycles. The summed E-state index contributed by atoms with van der Waals surface area (Å²) in [5.74, 6) is -2.44. The average Bonchev–Trinajstić information content (AvgIpc) is 3.52. The van der Waals surface area contributed by atoms with Crippen LogP contribution >= 0.6 is 0 Å². The molecular weight excluding hydrogens is 449 g/mol. The highest BCUT2D eigenvalue weighted by atomic mass is 19.1. The minimum atomic E-state index is -1.40. The number of ketones is 1. The van der Waals surface area contributed by atoms with Crippen LogP contribution in [0.5, 0.6) is 0 Å². The molecule has 3 aromatic rings. The van der Waals surface area contributed by atoms with Gasteiger partial charge in [-0.2, -0.15) is 0 Å². The lowest BCUT2D eigenvalue weighted by molar-refractivity contribution is -0.384. The van der Waals surface area contributed by atoms with E-state index in [4.69, 9.17) is 0 Å². The Labute approximate surface area is 200 Å². The molecule has 4 atom stereocenters. The van der Waals surface area contributed by atoms with Gasteiger partial charge in [0.15, 0.2) is 5.78 Å². The van der Waals surface area contributed by atoms with E-state index in [9.17, 15) is 24.1 Å². The molecule has 0 radical (unpaired) electrons. The van der Waals surface area contributed by atoms with Gasteiger partial charge in [0.05, 0.1) is 10.8 Å². The fourth-order valence-electron chi connectivity index (χ4n) is 6.53. The van der Waals surface area contributed by atoms with Crippen molar-refractivity contribution in [2.75, 3.05) is 11.9 Å². The molecule has 6 rings (SSSR count). The van der Waals surface area contributed by atoms with Crippen LogP contribution in [0.3, 0.4) is 0 Å². The maximum Gasteiger partial charge on any atom is 0.269 e. The molecule has 1 amide bonds. The van der Waals surface area contributed by atoms with Crippen LogP contribution in [-0.2, 0) is 10.3 Å². The predicted octanol–water partition coefficient (Wildman–Crippen LogP) is 4.64. The summed E-state index contributed by atoms with van der Waals surface area (Å²) in [6, 6.07) is 19.1. The number of halogens is 1. The van der Waals surface area contributed by atoms with Crippen LogP contribution in [0.4, 0.5) is 15.8 Å². The highest BCUT2D eigenvalue weighted by molar-refractivity contribution is 6.12. The number of benzene rings is 3. The third-order valence-corrected chi connectivity index (χ3v) is 7.77. The van der Waals surface area contributed by atoms with Crippen molar-refractivity contribution in [1.82, 2.24) is 4.90 Å². The summed E-state index contributed by atoms with van der Waals surface area (Å²) in [6.45, 7) is 0.567. The first-order valence-corrected chi connectivity index (χ1v) is 11.6. The number of nitrogens with zero attached hydrogens (tertiary/aromatic N) is 2. The minimum Gasteiger partial charge on any atom is -0.324 e. The molecule has 0 aromatic heterocycles. The Balaban J connectivity index is 1.63. The van der Waals surface area contributed by atoms with Gasteiger partial charge >= 0.3 is 0 Å². The van der Waals surface area contributed by atoms with Crippen LogP contribution in [0.2, 0.25) is 0 Å². The molecule has 2 saturated heterocycles. The van der Waals surface area contributed by atoms with Crippen molar-refractivity contribution in [3.63, 3.8) is 0 Å². The molecule has 0 saturated carbocycles. The topological polar surface area (TPSA) is 92.5 Å². The zero-order chi connectivity index (χ0) is 24.3. The van der Waals surface area contributed by atoms with Gasteiger partial charge in [-0.1, -0.05) is 42.5 Å². The number of carbonyl (C=O) groups is 2. The molecule has 3 aliphatic heterocycles. The molecule has 3 aromatic carbocycles. The Morgan fingerprint density at radius 1 is 1.09 bits per heavy atom. The first-order valence-electron chi connectivity index (χ1n) is 11.6. The third-order valence-electron chi connectivity index (χ3n) is 7.77. The van der Waals surface area contributed by atoms with E-state index in [1.807, 2.05) is 11.0 Å². The van der Waals surface area contributed by atoms with E-state index in [1.165, 1.54) is 30.3 Å². The number of nitro groups is 1. The summed E-state index contributed by atoms with van der Waals surface area (Å²) in [5.41, 5.74) is 0.567. The first-order chi connectivity index (χ1) is 16.9. The SMILES string of the molecule is O=C(c1ccccc1)C1C(c2cccc([N+](=O)[O-])c2)C2CCCN2[C@@]12C(=O)Nc1ccc(F)cc12. The summed E-state index contributed by atoms with van der Waals surface area (Å²) in [6.07, 6.45) is 1.54. The summed E-state index contributed by atoms with van der Waals surface area (Å²) < 4.78 is 14.6. The van der Waals surface area contributed by atoms with Gasteiger partial charge in [0, 0.05) is 40.9 Å². The van der Waals surface area contributed by atoms with Gasteiger partial charge in [-0.15, -0.1) is 0 Å². The molecule has 35 heavy (non-hydrogen) atoms. The van der Waals surface area contributed by atoms with Crippen molar-refractivity contribution in [1.29, 1.82) is 0 Å². The monoisotopic (exact) mass is 471 g/mol. The number of Topliss-reactive ketones (excluding diaryl/α,β-unsaturated/α-hetero) is 1. The first kappa shape index (κ1) is 21.6. The van der Waals surface area contributed by atoms with Crippen LogP contribution < -0.4 is 5.32 Å². The molecule has 1 N–H and O–H groups in total. The van der Waals surface area contributed by atoms with Crippen LogP contribution in [0.15, 0.2) is 72.8 Å². The second kappa shape index (κ2) is 7.81. The number of rotatable bonds is 4. The number of anilines is 1. The van der Waals surface area contributed by atoms with Crippen molar-refractivity contribution in [3.05, 3.63) is 105 Å². The normalized spacial score (nSPS) is 27.0. The summed E-state index contributed by atoms with van der Waals surface area (Å²) in [7, 11) is 0. The maximum absolute atomic E-state index is 14.6. The Bertz CT molecular complexity index is 1380. The number of amides is 1. The number of hydrogen-bond donors (Lipinski definition) is 1. The van der Waals surface area contributed by atoms with Gasteiger partial charge in [-0.05, 0) is 43.1 Å². The van der Waals surface area contributed by atoms with E-state index < -0.39 is 28.1 Å². The Kier molecular flexibility index (Phi) is 4.82. The van der Waals surface area contributed by atoms with Gasteiger partial charge in [0.2, 0.25) is 5.91 Å². The van der Waals surface area contributed by atoms with Gasteiger partial charge in [-0.25, -0.2) is 4.39 Å². The van der Waals surface area contributed by atoms with E-state index >= 15 is 0 Å². The molecule has 0 bridgehead atoms. The molecule has 3 heterocycles. The number of carbonyl (C=O) groups excluding carboxylic acids is 2. The molecule has 2 fully saturated rings. The van der Waals surface area contributed by atoms with Crippen molar-refractivity contribution in [2.45, 2.75) is 30.3 Å². The van der Waals surface area contributed by atoms with Gasteiger partial charge in [0.25, 0.3) is 5.69 Å². The standard InChI is InChI=1S/C27H22FN3O4/c28-18-11-12-21-20(15-18)27(26(33)29-21)24(25(32)16-6-2-1-3-7-16)23(22-10-5-13-30(22)27)17-8-4-9-19(14-17)31(34)35/h1-4,6-9,11-12,14-15,22-24H,5,10,13H2,(H,29,33)/t22?,23?,24?,27-/m1/s1. The number of nitro benzene ring substituents is 1. The van der Waals surface area contributed by atoms with Crippen molar-refractivity contribution >= 4 is 23.1 Å². The van der Waals surface area contributed by atoms with Crippen molar-refractivity contribution in [3.8, 4) is 0 Å². The number of fused-ring (bicyclic) bond motifs is 4. The average molecular weight is 471 g/mol. The Morgan fingerprint density at radius 2 is 1.89 bits per heavy atom. The molecule has 3 aliphatic rings. The second-order valence-electron chi connectivity index (χ2n) is 9.40. The van der Waals surface area contributed by atoms with Crippen LogP contribution in [0.1, 0.15) is 40.2 Å². The van der Waals surface area contributed by atoms with Gasteiger partial charge in [0.1, 0.15) is 11.4 Å². The number of hydrogen-bond acceptors (Lipinski definition) is 5. The molecular formula is C27H22FN3O4. The van der Waals surface area contributed by atoms with E-state index in [0.29, 0.717) is 28.9 Å². The molecule has 1 spiro atoms. The van der Waals surface area contributed by atoms with E-state index in [0.717, 1.165) is 12.8 Å². The molecule has 176 valence electrons. The predicted molar refractivity (Wildman–Crippen MR) is 127 cm³/mol. The zero-order valence-electron chi connectivity index (χ0n) is 18.7. The number of nitrogens with one attached hydrogen (secondary N) is 1. The number of non-ortho nitro benzene ring substituents is 1. The quantitative estimate of drug-likeness (QED) is 0.340. The lowest BCUT2D eigenvalue weighted by Crippen LogP contribution is -2.52. The highest BCUT2D eigenvalue weighted by Gasteiger charge is 2.69. The second-order valence-corrected chi connectivity index (χ2v) is 9.40. The maximum atomic E-state index is 14.6. The van der Waals surface area contributed by atoms with E-state index in [2.05, 4.69) is 5.32 Å². The molecule has 3 unspecified atom stereocenters. The van der Waals surface area contributed by atoms with Crippen LogP contribution in [0.25, 0.3) is 0 Å². The molecule has 7 nitrogen and oxygen atoms in total. The smallest absolute Gasteiger partial charge is 0.269 e. The summed E-state index contributed by atoms with van der Waals surface area (Å²) >= 11 is 0. The van der Waals surface area contributed by atoms with E-state index in [-0.39, 0.29) is 23.4 Å². The van der Waals surface area contributed by atoms with Crippen LogP contribution in [-0.4, -0.2) is 34.1 Å². The fraction of sp³-hybridized carbons (Fsp3) is 0.259. The molecule has 8 heteroatoms. The van der Waals surface area contributed by atoms with Gasteiger partial charge < -0.3 is 5.32 Å². The van der Waals surface area contributed by atoms with Crippen molar-refractivity contribution < 1.29 is 18.9 Å². The van der Waals surface area contributed by atoms with Crippen molar-refractivity contribution in [2.24, 2.45) is 5.92 Å². The fourth-order valence-corrected chi connectivity index (χ4v) is 6.53. The lowest BCUT2D eigenvalue weighted by Gasteiger charge is -2.36. The minimum absolute atomic E-state index is 0.0683. The van der Waals surface area contributed by atoms with Gasteiger partial charge in [-0.3, -0.25) is 24.6 Å². The Morgan fingerprint density at radius 3 is 2.66 bits per heavy atom. The van der Waals surface area contributed by atoms with Crippen LogP contribution in [0, 0.1) is 21.8 Å². The Hall–Kier alpha value is -3.91. The zero-order valence-corrected chi connectivity index (χ0v) is 18.7. The third kappa shape index (κ3) is 2.99. The van der Waals surface area contributed by atoms with E-state index in [1.54, 1.807) is 36.4 Å². The lowest BCUT2D eigenvalue weighted by atomic mass is 9.68. The highest BCUT2D eigenvalue weighted by Crippen LogP contribution is 2.61.